The predicted molar refractivity (Wildman–Crippen MR) is 76.0 cm³/mol. The van der Waals surface area contributed by atoms with Crippen LogP contribution in [0.25, 0.3) is 0 Å². The molecule has 0 aliphatic rings. The van der Waals surface area contributed by atoms with Crippen molar-refractivity contribution in [3.63, 3.8) is 0 Å². The van der Waals surface area contributed by atoms with E-state index < -0.39 is 11.6 Å². The lowest BCUT2D eigenvalue weighted by Gasteiger charge is -2.11. The molecule has 1 unspecified atom stereocenters. The maximum atomic E-state index is 13.0. The van der Waals surface area contributed by atoms with Crippen LogP contribution in [-0.2, 0) is 6.42 Å². The van der Waals surface area contributed by atoms with Crippen molar-refractivity contribution in [1.82, 2.24) is 0 Å². The molecule has 0 aliphatic carbocycles. The first-order chi connectivity index (χ1) is 9.13. The van der Waals surface area contributed by atoms with E-state index in [0.717, 1.165) is 18.4 Å². The van der Waals surface area contributed by atoms with Crippen LogP contribution in [-0.4, -0.2) is 6.04 Å². The summed E-state index contributed by atoms with van der Waals surface area (Å²) in [7, 11) is 0. The predicted octanol–water partition coefficient (Wildman–Crippen LogP) is 4.59. The third kappa shape index (κ3) is 6.67. The fourth-order valence-electron chi connectivity index (χ4n) is 2.26. The summed E-state index contributed by atoms with van der Waals surface area (Å²) >= 11 is 0. The molecule has 0 heterocycles. The Morgan fingerprint density at radius 3 is 2.37 bits per heavy atom. The SMILES string of the molecule is CCCCCCCCC(N)Cc1ccc(F)c(F)c1. The summed E-state index contributed by atoms with van der Waals surface area (Å²) in [6, 6.07) is 4.06. The maximum Gasteiger partial charge on any atom is 0.159 e. The van der Waals surface area contributed by atoms with Crippen LogP contribution in [0.1, 0.15) is 57.4 Å². The average molecular weight is 269 g/mol. The van der Waals surface area contributed by atoms with Crippen molar-refractivity contribution >= 4 is 0 Å². The van der Waals surface area contributed by atoms with Crippen LogP contribution < -0.4 is 5.73 Å². The van der Waals surface area contributed by atoms with Crippen molar-refractivity contribution < 1.29 is 8.78 Å². The average Bonchev–Trinajstić information content (AvgIpc) is 2.38. The van der Waals surface area contributed by atoms with Crippen molar-refractivity contribution in [2.24, 2.45) is 5.73 Å². The zero-order valence-corrected chi connectivity index (χ0v) is 11.8. The topological polar surface area (TPSA) is 26.0 Å². The maximum absolute atomic E-state index is 13.0. The molecule has 0 saturated heterocycles. The number of nitrogens with two attached hydrogens (primary N) is 1. The molecule has 3 heteroatoms. The number of benzene rings is 1. The third-order valence-corrected chi connectivity index (χ3v) is 3.41. The smallest absolute Gasteiger partial charge is 0.159 e. The summed E-state index contributed by atoms with van der Waals surface area (Å²) in [5, 5.41) is 0. The fraction of sp³-hybridized carbons (Fsp3) is 0.625. The summed E-state index contributed by atoms with van der Waals surface area (Å²) in [5.74, 6) is -1.59. The molecular formula is C16H25F2N. The molecule has 0 aromatic heterocycles. The van der Waals surface area contributed by atoms with Gasteiger partial charge in [0.05, 0.1) is 0 Å². The molecule has 0 fully saturated rings. The van der Waals surface area contributed by atoms with Crippen molar-refractivity contribution in [3.8, 4) is 0 Å². The fourth-order valence-corrected chi connectivity index (χ4v) is 2.26. The first-order valence-corrected chi connectivity index (χ1v) is 7.33. The molecule has 2 N–H and O–H groups in total. The Bertz CT molecular complexity index is 366. The van der Waals surface area contributed by atoms with Gasteiger partial charge >= 0.3 is 0 Å². The summed E-state index contributed by atoms with van der Waals surface area (Å²) in [6.45, 7) is 2.21. The largest absolute Gasteiger partial charge is 0.327 e. The van der Waals surface area contributed by atoms with Crippen LogP contribution >= 0.6 is 0 Å². The lowest BCUT2D eigenvalue weighted by atomic mass is 10.0. The Morgan fingerprint density at radius 1 is 1.00 bits per heavy atom. The summed E-state index contributed by atoms with van der Waals surface area (Å²) in [4.78, 5) is 0. The Labute approximate surface area is 115 Å². The van der Waals surface area contributed by atoms with E-state index in [0.29, 0.717) is 6.42 Å². The van der Waals surface area contributed by atoms with Gasteiger partial charge in [0, 0.05) is 6.04 Å². The van der Waals surface area contributed by atoms with Crippen LogP contribution in [0.2, 0.25) is 0 Å². The molecule has 1 aromatic rings. The summed E-state index contributed by atoms with van der Waals surface area (Å²) in [5.41, 5.74) is 6.79. The second-order valence-corrected chi connectivity index (χ2v) is 5.27. The van der Waals surface area contributed by atoms with Gasteiger partial charge in [0.15, 0.2) is 11.6 Å². The molecule has 1 atom stereocenters. The number of halogens is 2. The number of hydrogen-bond acceptors (Lipinski definition) is 1. The second kappa shape index (κ2) is 9.03. The number of rotatable bonds is 9. The van der Waals surface area contributed by atoms with Gasteiger partial charge < -0.3 is 5.73 Å². The number of hydrogen-bond donors (Lipinski definition) is 1. The minimum Gasteiger partial charge on any atom is -0.327 e. The van der Waals surface area contributed by atoms with Gasteiger partial charge in [0.1, 0.15) is 0 Å². The van der Waals surface area contributed by atoms with E-state index in [9.17, 15) is 8.78 Å². The van der Waals surface area contributed by atoms with Gasteiger partial charge in [-0.3, -0.25) is 0 Å². The Balaban J connectivity index is 2.19. The Morgan fingerprint density at radius 2 is 1.68 bits per heavy atom. The van der Waals surface area contributed by atoms with Gasteiger partial charge in [0.2, 0.25) is 0 Å². The van der Waals surface area contributed by atoms with E-state index in [1.807, 2.05) is 0 Å². The monoisotopic (exact) mass is 269 g/mol. The summed E-state index contributed by atoms with van der Waals surface area (Å²) < 4.78 is 25.8. The van der Waals surface area contributed by atoms with Gasteiger partial charge in [-0.2, -0.15) is 0 Å². The van der Waals surface area contributed by atoms with Crippen molar-refractivity contribution in [1.29, 1.82) is 0 Å². The van der Waals surface area contributed by atoms with Crippen LogP contribution in [0, 0.1) is 11.6 Å². The van der Waals surface area contributed by atoms with Gasteiger partial charge in [-0.15, -0.1) is 0 Å². The molecular weight excluding hydrogens is 244 g/mol. The van der Waals surface area contributed by atoms with E-state index in [-0.39, 0.29) is 6.04 Å². The quantitative estimate of drug-likeness (QED) is 0.652. The van der Waals surface area contributed by atoms with E-state index in [2.05, 4.69) is 6.92 Å². The normalized spacial score (nSPS) is 12.6. The van der Waals surface area contributed by atoms with Gasteiger partial charge in [-0.05, 0) is 30.5 Å². The second-order valence-electron chi connectivity index (χ2n) is 5.27. The van der Waals surface area contributed by atoms with E-state index in [1.165, 1.54) is 44.2 Å². The Kier molecular flexibility index (Phi) is 7.65. The highest BCUT2D eigenvalue weighted by atomic mass is 19.2. The molecule has 108 valence electrons. The molecule has 0 amide bonds. The van der Waals surface area contributed by atoms with Gasteiger partial charge in [-0.1, -0.05) is 51.5 Å². The third-order valence-electron chi connectivity index (χ3n) is 3.41. The lowest BCUT2D eigenvalue weighted by Crippen LogP contribution is -2.22. The van der Waals surface area contributed by atoms with E-state index in [4.69, 9.17) is 5.73 Å². The first-order valence-electron chi connectivity index (χ1n) is 7.33. The zero-order chi connectivity index (χ0) is 14.1. The molecule has 0 spiro atoms. The molecule has 0 saturated carbocycles. The van der Waals surface area contributed by atoms with Gasteiger partial charge in [0.25, 0.3) is 0 Å². The molecule has 1 rings (SSSR count). The summed E-state index contributed by atoms with van der Waals surface area (Å²) in [6.07, 6.45) is 9.04. The van der Waals surface area contributed by atoms with Crippen LogP contribution in [0.15, 0.2) is 18.2 Å². The standard InChI is InChI=1S/C16H25F2N/c1-2-3-4-5-6-7-8-14(19)11-13-9-10-15(17)16(18)12-13/h9-10,12,14H,2-8,11,19H2,1H3. The van der Waals surface area contributed by atoms with Crippen molar-refractivity contribution in [2.45, 2.75) is 64.3 Å². The van der Waals surface area contributed by atoms with Crippen molar-refractivity contribution in [3.05, 3.63) is 35.4 Å². The highest BCUT2D eigenvalue weighted by Crippen LogP contribution is 2.13. The highest BCUT2D eigenvalue weighted by Gasteiger charge is 2.07. The molecule has 1 nitrogen and oxygen atoms in total. The lowest BCUT2D eigenvalue weighted by molar-refractivity contribution is 0.502. The minimum atomic E-state index is -0.798. The van der Waals surface area contributed by atoms with Crippen LogP contribution in [0.3, 0.4) is 0 Å². The van der Waals surface area contributed by atoms with E-state index in [1.54, 1.807) is 6.07 Å². The molecule has 0 bridgehead atoms. The van der Waals surface area contributed by atoms with Gasteiger partial charge in [-0.25, -0.2) is 8.78 Å². The molecule has 1 aromatic carbocycles. The molecule has 19 heavy (non-hydrogen) atoms. The van der Waals surface area contributed by atoms with Crippen LogP contribution in [0.4, 0.5) is 8.78 Å². The van der Waals surface area contributed by atoms with Crippen LogP contribution in [0.5, 0.6) is 0 Å². The zero-order valence-electron chi connectivity index (χ0n) is 11.8. The number of unbranched alkanes of at least 4 members (excludes halogenated alkanes) is 5. The van der Waals surface area contributed by atoms with Crippen molar-refractivity contribution in [2.75, 3.05) is 0 Å². The first kappa shape index (κ1) is 16.1. The molecule has 0 aliphatic heterocycles. The minimum absolute atomic E-state index is 0.0380. The Hall–Kier alpha value is -0.960. The molecule has 0 radical (unpaired) electrons. The van der Waals surface area contributed by atoms with E-state index >= 15 is 0 Å². The highest BCUT2D eigenvalue weighted by molar-refractivity contribution is 5.18.